The molecule has 0 bridgehead atoms. The minimum Gasteiger partial charge on any atom is -0.756 e. The highest BCUT2D eigenvalue weighted by molar-refractivity contribution is 7.45. The van der Waals surface area contributed by atoms with Gasteiger partial charge in [0.05, 0.1) is 33.8 Å². The molecule has 392 valence electrons. The fraction of sp³-hybridized carbons (Fsp3) is 0.825. The quantitative estimate of drug-likeness (QED) is 0.0212. The number of phosphoric ester groups is 1. The van der Waals surface area contributed by atoms with Crippen LogP contribution in [-0.4, -0.2) is 69.4 Å². The SMILES string of the molecule is CC/C=C/C/C=C/CCCCCCCCCC(=O)OC(/C=C/CCCCCCCCCCCC)C(COP(=O)([O-])OCC[N+](C)(C)C)NC(=O)CCCCCCCCC/C=C\CCCCCC. The molecule has 1 N–H and O–H groups in total. The lowest BCUT2D eigenvalue weighted by Crippen LogP contribution is -2.47. The molecule has 0 spiro atoms. The highest BCUT2D eigenvalue weighted by Gasteiger charge is 2.27. The number of quaternary nitrogens is 1. The fourth-order valence-electron chi connectivity index (χ4n) is 7.91. The number of amides is 1. The lowest BCUT2D eigenvalue weighted by molar-refractivity contribution is -0.870. The van der Waals surface area contributed by atoms with Gasteiger partial charge in [0.2, 0.25) is 5.91 Å². The monoisotopic (exact) mass is 963 g/mol. The van der Waals surface area contributed by atoms with Crippen molar-refractivity contribution in [1.29, 1.82) is 0 Å². The predicted molar refractivity (Wildman–Crippen MR) is 284 cm³/mol. The number of carbonyl (C=O) groups excluding carboxylic acids is 2. The number of rotatable bonds is 50. The van der Waals surface area contributed by atoms with Crippen LogP contribution in [0.15, 0.2) is 48.6 Å². The van der Waals surface area contributed by atoms with Crippen molar-refractivity contribution in [3.63, 3.8) is 0 Å². The molecule has 10 heteroatoms. The summed E-state index contributed by atoms with van der Waals surface area (Å²) in [5.41, 5.74) is 0. The summed E-state index contributed by atoms with van der Waals surface area (Å²) in [6.07, 6.45) is 56.4. The zero-order valence-corrected chi connectivity index (χ0v) is 45.5. The van der Waals surface area contributed by atoms with Crippen LogP contribution in [0.25, 0.3) is 0 Å². The smallest absolute Gasteiger partial charge is 0.306 e. The Bertz CT molecular complexity index is 1290. The first-order valence-corrected chi connectivity index (χ1v) is 29.4. The Kier molecular flexibility index (Phi) is 46.2. The lowest BCUT2D eigenvalue weighted by Gasteiger charge is -2.30. The third-order valence-corrected chi connectivity index (χ3v) is 13.2. The Labute approximate surface area is 414 Å². The Balaban J connectivity index is 5.38. The zero-order valence-electron chi connectivity index (χ0n) is 44.6. The Morgan fingerprint density at radius 2 is 0.955 bits per heavy atom. The van der Waals surface area contributed by atoms with E-state index in [-0.39, 0.29) is 24.9 Å². The van der Waals surface area contributed by atoms with Gasteiger partial charge in [-0.3, -0.25) is 14.2 Å². The van der Waals surface area contributed by atoms with Gasteiger partial charge >= 0.3 is 5.97 Å². The molecular weight excluding hydrogens is 856 g/mol. The second kappa shape index (κ2) is 47.6. The van der Waals surface area contributed by atoms with Crippen LogP contribution >= 0.6 is 7.82 Å². The summed E-state index contributed by atoms with van der Waals surface area (Å²) in [5.74, 6) is -0.553. The first-order valence-electron chi connectivity index (χ1n) is 27.9. The number of carbonyl (C=O) groups is 2. The van der Waals surface area contributed by atoms with Crippen molar-refractivity contribution < 1.29 is 37.3 Å². The fourth-order valence-corrected chi connectivity index (χ4v) is 8.63. The molecule has 0 aromatic carbocycles. The predicted octanol–water partition coefficient (Wildman–Crippen LogP) is 15.9. The number of likely N-dealkylation sites (N-methyl/N-ethyl adjacent to an activating group) is 1. The van der Waals surface area contributed by atoms with E-state index in [0.29, 0.717) is 17.4 Å². The molecule has 0 heterocycles. The summed E-state index contributed by atoms with van der Waals surface area (Å²) in [6, 6.07) is -0.891. The van der Waals surface area contributed by atoms with Gasteiger partial charge in [-0.1, -0.05) is 205 Å². The third kappa shape index (κ3) is 48.8. The minimum atomic E-state index is -4.69. The molecule has 0 rings (SSSR count). The van der Waals surface area contributed by atoms with Gasteiger partial charge in [0.1, 0.15) is 19.3 Å². The number of allylic oxidation sites excluding steroid dienone is 7. The van der Waals surface area contributed by atoms with Crippen LogP contribution in [0.2, 0.25) is 0 Å². The van der Waals surface area contributed by atoms with Crippen molar-refractivity contribution in [1.82, 2.24) is 5.32 Å². The van der Waals surface area contributed by atoms with Gasteiger partial charge in [-0.2, -0.15) is 0 Å². The zero-order chi connectivity index (χ0) is 49.4. The van der Waals surface area contributed by atoms with Crippen LogP contribution in [0, 0.1) is 0 Å². The van der Waals surface area contributed by atoms with Gasteiger partial charge in [0.25, 0.3) is 7.82 Å². The van der Waals surface area contributed by atoms with E-state index in [1.807, 2.05) is 33.3 Å². The molecule has 0 aliphatic carbocycles. The maximum Gasteiger partial charge on any atom is 0.306 e. The molecule has 3 atom stereocenters. The maximum absolute atomic E-state index is 13.5. The molecule has 0 aliphatic rings. The topological polar surface area (TPSA) is 114 Å². The van der Waals surface area contributed by atoms with Crippen molar-refractivity contribution in [2.45, 2.75) is 264 Å². The van der Waals surface area contributed by atoms with Gasteiger partial charge in [0, 0.05) is 12.8 Å². The molecule has 9 nitrogen and oxygen atoms in total. The van der Waals surface area contributed by atoms with Crippen molar-refractivity contribution in [2.75, 3.05) is 40.9 Å². The van der Waals surface area contributed by atoms with E-state index in [1.165, 1.54) is 122 Å². The Morgan fingerprint density at radius 3 is 1.45 bits per heavy atom. The summed E-state index contributed by atoms with van der Waals surface area (Å²) in [4.78, 5) is 39.8. The molecule has 0 aromatic rings. The average Bonchev–Trinajstić information content (AvgIpc) is 3.28. The summed E-state index contributed by atoms with van der Waals surface area (Å²) in [7, 11) is 1.18. The van der Waals surface area contributed by atoms with Gasteiger partial charge in [-0.25, -0.2) is 0 Å². The molecule has 0 saturated carbocycles. The number of unbranched alkanes of at least 4 members (excludes halogenated alkanes) is 28. The number of nitrogens with one attached hydrogen (secondary N) is 1. The molecule has 0 saturated heterocycles. The second-order valence-electron chi connectivity index (χ2n) is 20.1. The first-order chi connectivity index (χ1) is 32.4. The van der Waals surface area contributed by atoms with E-state index < -0.39 is 26.6 Å². The lowest BCUT2D eigenvalue weighted by atomic mass is 10.0. The summed E-state index contributed by atoms with van der Waals surface area (Å²) < 4.78 is 30.2. The van der Waals surface area contributed by atoms with Gasteiger partial charge in [-0.05, 0) is 83.1 Å². The van der Waals surface area contributed by atoms with Crippen LogP contribution in [0.3, 0.4) is 0 Å². The van der Waals surface area contributed by atoms with E-state index >= 15 is 0 Å². The Hall–Kier alpha value is -2.03. The molecular formula is C57H107N2O7P. The Morgan fingerprint density at radius 1 is 0.537 bits per heavy atom. The minimum absolute atomic E-state index is 0.0245. The average molecular weight is 963 g/mol. The molecule has 0 radical (unpaired) electrons. The normalized spacial score (nSPS) is 14.2. The van der Waals surface area contributed by atoms with Gasteiger partial charge in [0.15, 0.2) is 0 Å². The molecule has 3 unspecified atom stereocenters. The van der Waals surface area contributed by atoms with Crippen molar-refractivity contribution in [3.05, 3.63) is 48.6 Å². The summed E-state index contributed by atoms with van der Waals surface area (Å²) in [5, 5.41) is 3.01. The number of ether oxygens (including phenoxy) is 1. The number of esters is 1. The van der Waals surface area contributed by atoms with Gasteiger partial charge in [-0.15, -0.1) is 0 Å². The highest BCUT2D eigenvalue weighted by Crippen LogP contribution is 2.38. The number of nitrogens with zero attached hydrogens (tertiary/aromatic N) is 1. The summed E-state index contributed by atoms with van der Waals surface area (Å²) in [6.45, 7) is 6.71. The number of hydrogen-bond donors (Lipinski definition) is 1. The molecule has 0 aromatic heterocycles. The molecule has 0 aliphatic heterocycles. The standard InChI is InChI=1S/C57H107N2O7P/c1-7-10-13-16-19-22-25-28-30-31-34-37-40-43-46-49-56(60)58-54(53-65-67(62,63)64-52-51-59(4,5)6)55(48-45-42-39-36-33-27-24-21-18-15-12-9-3)66-57(61)50-47-44-41-38-35-32-29-26-23-20-17-14-11-8-2/h11,14,20,22-23,25,45,48,54-55H,7-10,12-13,15-19,21,24,26-44,46-47,49-53H2,1-6H3,(H-,58,60,62,63)/b14-11+,23-20+,25-22-,48-45+. The third-order valence-electron chi connectivity index (χ3n) is 12.2. The number of hydrogen-bond acceptors (Lipinski definition) is 7. The molecule has 67 heavy (non-hydrogen) atoms. The van der Waals surface area contributed by atoms with Crippen LogP contribution in [0.4, 0.5) is 0 Å². The van der Waals surface area contributed by atoms with E-state index in [9.17, 15) is 19.0 Å². The largest absolute Gasteiger partial charge is 0.756 e. The van der Waals surface area contributed by atoms with E-state index in [2.05, 4.69) is 62.5 Å². The van der Waals surface area contributed by atoms with Crippen LogP contribution in [0.1, 0.15) is 252 Å². The van der Waals surface area contributed by atoms with Crippen LogP contribution in [-0.2, 0) is 27.9 Å². The van der Waals surface area contributed by atoms with Gasteiger partial charge < -0.3 is 28.5 Å². The molecule has 1 amide bonds. The summed E-state index contributed by atoms with van der Waals surface area (Å²) >= 11 is 0. The first kappa shape index (κ1) is 65.0. The van der Waals surface area contributed by atoms with E-state index in [1.54, 1.807) is 0 Å². The highest BCUT2D eigenvalue weighted by atomic mass is 31.2. The maximum atomic E-state index is 13.5. The molecule has 0 fully saturated rings. The van der Waals surface area contributed by atoms with E-state index in [0.717, 1.165) is 96.3 Å². The van der Waals surface area contributed by atoms with Crippen molar-refractivity contribution in [2.24, 2.45) is 0 Å². The van der Waals surface area contributed by atoms with E-state index in [4.69, 9.17) is 13.8 Å². The van der Waals surface area contributed by atoms with Crippen LogP contribution in [0.5, 0.6) is 0 Å². The number of phosphoric acid groups is 1. The van der Waals surface area contributed by atoms with Crippen LogP contribution < -0.4 is 10.2 Å². The van der Waals surface area contributed by atoms with Crippen molar-refractivity contribution >= 4 is 19.7 Å². The van der Waals surface area contributed by atoms with Crippen molar-refractivity contribution in [3.8, 4) is 0 Å². The second-order valence-corrected chi connectivity index (χ2v) is 21.5.